The molecule has 0 bridgehead atoms. The molecule has 1 unspecified atom stereocenters. The number of carbonyl (C=O) groups excluding carboxylic acids is 1. The van der Waals surface area contributed by atoms with Crippen molar-refractivity contribution >= 4 is 39.9 Å². The highest BCUT2D eigenvalue weighted by Crippen LogP contribution is 2.43. The minimum Gasteiger partial charge on any atom is -0.481 e. The molecule has 1 aromatic heterocycles. The lowest BCUT2D eigenvalue weighted by Gasteiger charge is -2.29. The molecule has 0 aliphatic carbocycles. The summed E-state index contributed by atoms with van der Waals surface area (Å²) in [6.45, 7) is 2.83. The van der Waals surface area contributed by atoms with Gasteiger partial charge in [0.1, 0.15) is 0 Å². The van der Waals surface area contributed by atoms with Crippen LogP contribution in [-0.4, -0.2) is 28.5 Å². The second-order valence-electron chi connectivity index (χ2n) is 9.86. The summed E-state index contributed by atoms with van der Waals surface area (Å²) in [6, 6.07) is 35.8. The number of aliphatic carboxylic acids is 1. The molecule has 1 amide bonds. The normalized spacial score (nSPS) is 11.6. The number of carboxylic acid groups (broad SMARTS) is 1. The van der Waals surface area contributed by atoms with E-state index in [4.69, 9.17) is 21.7 Å². The van der Waals surface area contributed by atoms with Crippen LogP contribution in [0.2, 0.25) is 5.02 Å². The van der Waals surface area contributed by atoms with Gasteiger partial charge in [0.05, 0.1) is 23.0 Å². The maximum Gasteiger partial charge on any atom is 0.305 e. The number of anilines is 1. The number of halogens is 1. The van der Waals surface area contributed by atoms with Crippen molar-refractivity contribution in [1.29, 1.82) is 0 Å². The van der Waals surface area contributed by atoms with Crippen molar-refractivity contribution in [3.05, 3.63) is 131 Å². The van der Waals surface area contributed by atoms with Gasteiger partial charge in [0.15, 0.2) is 5.13 Å². The maximum atomic E-state index is 12.5. The van der Waals surface area contributed by atoms with Crippen LogP contribution in [0.25, 0.3) is 21.7 Å². The zero-order valence-corrected chi connectivity index (χ0v) is 24.6. The van der Waals surface area contributed by atoms with Gasteiger partial charge >= 0.3 is 5.97 Å². The van der Waals surface area contributed by atoms with Crippen LogP contribution < -0.4 is 10.2 Å². The molecular formula is C34H30ClN3O3S. The first kappa shape index (κ1) is 29.0. The average molecular weight is 596 g/mol. The molecule has 1 atom stereocenters. The van der Waals surface area contributed by atoms with Crippen LogP contribution in [-0.2, 0) is 11.3 Å². The summed E-state index contributed by atoms with van der Waals surface area (Å²) in [6.07, 6.45) is -0.118. The van der Waals surface area contributed by atoms with Crippen molar-refractivity contribution in [3.8, 4) is 21.7 Å². The lowest BCUT2D eigenvalue weighted by Crippen LogP contribution is -2.27. The SMILES string of the molecule is CC(c1ccccc1)N(Cc1ccc(C(=O)NCCC(=O)O)cc1)c1nc(-c2ccc(Cl)cc2)c(-c2ccccc2)s1. The van der Waals surface area contributed by atoms with Crippen molar-refractivity contribution < 1.29 is 14.7 Å². The van der Waals surface area contributed by atoms with E-state index < -0.39 is 5.97 Å². The van der Waals surface area contributed by atoms with Crippen LogP contribution in [0.5, 0.6) is 0 Å². The van der Waals surface area contributed by atoms with Gasteiger partial charge in [-0.25, -0.2) is 4.98 Å². The van der Waals surface area contributed by atoms with Crippen LogP contribution in [0.4, 0.5) is 5.13 Å². The van der Waals surface area contributed by atoms with Gasteiger partial charge in [0, 0.05) is 29.2 Å². The number of aromatic nitrogens is 1. The number of nitrogens with zero attached hydrogens (tertiary/aromatic N) is 2. The summed E-state index contributed by atoms with van der Waals surface area (Å²) in [4.78, 5) is 31.8. The lowest BCUT2D eigenvalue weighted by atomic mass is 10.1. The highest BCUT2D eigenvalue weighted by atomic mass is 35.5. The first-order chi connectivity index (χ1) is 20.4. The average Bonchev–Trinajstić information content (AvgIpc) is 3.46. The standard InChI is InChI=1S/C34H30ClN3O3S/c1-23(25-8-4-2-5-9-25)38(22-24-12-14-28(15-13-24)33(41)36-21-20-30(39)40)34-37-31(26-16-18-29(35)19-17-26)32(42-34)27-10-6-3-7-11-27/h2-19,23H,20-22H2,1H3,(H,36,41)(H,39,40). The van der Waals surface area contributed by atoms with Gasteiger partial charge in [-0.3, -0.25) is 9.59 Å². The van der Waals surface area contributed by atoms with Crippen molar-refractivity contribution in [2.75, 3.05) is 11.4 Å². The Kier molecular flexibility index (Phi) is 9.31. The monoisotopic (exact) mass is 595 g/mol. The number of hydrogen-bond donors (Lipinski definition) is 2. The van der Waals surface area contributed by atoms with Crippen molar-refractivity contribution in [3.63, 3.8) is 0 Å². The minimum absolute atomic E-state index is 0.0121. The summed E-state index contributed by atoms with van der Waals surface area (Å²) in [5.41, 5.74) is 5.65. The minimum atomic E-state index is -0.949. The first-order valence-corrected chi connectivity index (χ1v) is 14.8. The van der Waals surface area contributed by atoms with Gasteiger partial charge in [0.25, 0.3) is 5.91 Å². The van der Waals surface area contributed by atoms with Crippen molar-refractivity contribution in [2.24, 2.45) is 0 Å². The van der Waals surface area contributed by atoms with Crippen LogP contribution in [0.1, 0.15) is 40.9 Å². The molecule has 0 aliphatic rings. The molecule has 5 rings (SSSR count). The zero-order chi connectivity index (χ0) is 29.5. The van der Waals surface area contributed by atoms with Gasteiger partial charge in [-0.15, -0.1) is 0 Å². The van der Waals surface area contributed by atoms with Crippen molar-refractivity contribution in [2.45, 2.75) is 25.9 Å². The second-order valence-corrected chi connectivity index (χ2v) is 11.3. The van der Waals surface area contributed by atoms with Gasteiger partial charge in [0.2, 0.25) is 0 Å². The molecular weight excluding hydrogens is 566 g/mol. The molecule has 1 heterocycles. The molecule has 0 saturated carbocycles. The summed E-state index contributed by atoms with van der Waals surface area (Å²) in [7, 11) is 0. The molecule has 2 N–H and O–H groups in total. The quantitative estimate of drug-likeness (QED) is 0.161. The molecule has 0 radical (unpaired) electrons. The molecule has 212 valence electrons. The van der Waals surface area contributed by atoms with Crippen LogP contribution in [0.15, 0.2) is 109 Å². The Labute approximate surface area is 254 Å². The molecule has 0 fully saturated rings. The Balaban J connectivity index is 1.50. The molecule has 0 spiro atoms. The number of rotatable bonds is 11. The fourth-order valence-corrected chi connectivity index (χ4v) is 5.94. The Bertz CT molecular complexity index is 1640. The zero-order valence-electron chi connectivity index (χ0n) is 23.0. The van der Waals surface area contributed by atoms with E-state index in [1.807, 2.05) is 72.8 Å². The highest BCUT2D eigenvalue weighted by molar-refractivity contribution is 7.19. The summed E-state index contributed by atoms with van der Waals surface area (Å²) >= 11 is 7.86. The van der Waals surface area contributed by atoms with E-state index in [9.17, 15) is 9.59 Å². The number of carboxylic acids is 1. The smallest absolute Gasteiger partial charge is 0.305 e. The van der Waals surface area contributed by atoms with Crippen LogP contribution in [0, 0.1) is 0 Å². The first-order valence-electron chi connectivity index (χ1n) is 13.6. The molecule has 0 aliphatic heterocycles. The third-order valence-corrected chi connectivity index (χ3v) is 8.35. The summed E-state index contributed by atoms with van der Waals surface area (Å²) < 4.78 is 0. The third kappa shape index (κ3) is 7.05. The lowest BCUT2D eigenvalue weighted by molar-refractivity contribution is -0.136. The fraction of sp³-hybridized carbons (Fsp3) is 0.147. The topological polar surface area (TPSA) is 82.5 Å². The number of thiazole rings is 1. The van der Waals surface area contributed by atoms with Gasteiger partial charge < -0.3 is 15.3 Å². The Morgan fingerprint density at radius 1 is 0.881 bits per heavy atom. The highest BCUT2D eigenvalue weighted by Gasteiger charge is 2.24. The van der Waals surface area contributed by atoms with Gasteiger partial charge in [-0.1, -0.05) is 108 Å². The Morgan fingerprint density at radius 3 is 2.17 bits per heavy atom. The van der Waals surface area contributed by atoms with Gasteiger partial charge in [-0.05, 0) is 47.9 Å². The van der Waals surface area contributed by atoms with Crippen LogP contribution >= 0.6 is 22.9 Å². The number of hydrogen-bond acceptors (Lipinski definition) is 5. The Morgan fingerprint density at radius 2 is 1.52 bits per heavy atom. The number of amides is 1. The van der Waals surface area contributed by atoms with E-state index in [0.717, 1.165) is 38.0 Å². The summed E-state index contributed by atoms with van der Waals surface area (Å²) in [5.74, 6) is -1.24. The predicted octanol–water partition coefficient (Wildman–Crippen LogP) is 8.10. The van der Waals surface area contributed by atoms with E-state index in [1.54, 1.807) is 23.5 Å². The van der Waals surface area contributed by atoms with Gasteiger partial charge in [-0.2, -0.15) is 0 Å². The molecule has 5 aromatic rings. The number of carbonyl (C=O) groups is 2. The summed E-state index contributed by atoms with van der Waals surface area (Å²) in [5, 5.41) is 13.0. The van der Waals surface area contributed by atoms with Crippen LogP contribution in [0.3, 0.4) is 0 Å². The van der Waals surface area contributed by atoms with Crippen molar-refractivity contribution in [1.82, 2.24) is 10.3 Å². The third-order valence-electron chi connectivity index (χ3n) is 6.96. The fourth-order valence-electron chi connectivity index (χ4n) is 4.65. The van der Waals surface area contributed by atoms with E-state index in [1.165, 1.54) is 0 Å². The maximum absolute atomic E-state index is 12.5. The largest absolute Gasteiger partial charge is 0.481 e. The molecule has 42 heavy (non-hydrogen) atoms. The molecule has 4 aromatic carbocycles. The van der Waals surface area contributed by atoms with E-state index >= 15 is 0 Å². The molecule has 8 heteroatoms. The Hall–Kier alpha value is -4.46. The number of benzene rings is 4. The molecule has 6 nitrogen and oxygen atoms in total. The molecule has 0 saturated heterocycles. The second kappa shape index (κ2) is 13.5. The van der Waals surface area contributed by atoms with E-state index in [2.05, 4.69) is 41.4 Å². The van der Waals surface area contributed by atoms with E-state index in [-0.39, 0.29) is 24.9 Å². The number of nitrogens with one attached hydrogen (secondary N) is 1. The van der Waals surface area contributed by atoms with E-state index in [0.29, 0.717) is 17.1 Å². The predicted molar refractivity (Wildman–Crippen MR) is 170 cm³/mol.